The van der Waals surface area contributed by atoms with Crippen LogP contribution in [0.15, 0.2) is 42.5 Å². The molecule has 1 aliphatic heterocycles. The number of hydrogen-bond acceptors (Lipinski definition) is 2. The molecule has 5 heteroatoms. The molecule has 21 heavy (non-hydrogen) atoms. The van der Waals surface area contributed by atoms with Crippen LogP contribution in [0.2, 0.25) is 0 Å². The van der Waals surface area contributed by atoms with E-state index in [1.807, 2.05) is 6.07 Å². The van der Waals surface area contributed by atoms with Crippen LogP contribution in [-0.4, -0.2) is 12.5 Å². The second-order valence-corrected chi connectivity index (χ2v) is 4.82. The number of nitrogens with zero attached hydrogens (tertiary/aromatic N) is 1. The Morgan fingerprint density at radius 3 is 2.57 bits per heavy atom. The minimum absolute atomic E-state index is 0.105. The SMILES string of the molecule is O=C1CCOc2ccccc2N1Cc1cc(F)cc(F)c1. The number of para-hydroxylation sites is 2. The van der Waals surface area contributed by atoms with Crippen molar-refractivity contribution in [2.24, 2.45) is 0 Å². The lowest BCUT2D eigenvalue weighted by Gasteiger charge is -2.22. The number of benzene rings is 2. The van der Waals surface area contributed by atoms with Gasteiger partial charge in [-0.25, -0.2) is 8.78 Å². The molecular formula is C16H13F2NO2. The Kier molecular flexibility index (Phi) is 3.56. The minimum Gasteiger partial charge on any atom is -0.491 e. The summed E-state index contributed by atoms with van der Waals surface area (Å²) in [6.07, 6.45) is 0.229. The maximum Gasteiger partial charge on any atom is 0.230 e. The van der Waals surface area contributed by atoms with Crippen LogP contribution in [-0.2, 0) is 11.3 Å². The third-order valence-electron chi connectivity index (χ3n) is 3.29. The normalized spacial score (nSPS) is 14.4. The fraction of sp³-hybridized carbons (Fsp3) is 0.188. The molecule has 3 nitrogen and oxygen atoms in total. The molecule has 0 bridgehead atoms. The van der Waals surface area contributed by atoms with Crippen LogP contribution in [0.1, 0.15) is 12.0 Å². The molecule has 0 radical (unpaired) electrons. The van der Waals surface area contributed by atoms with E-state index < -0.39 is 11.6 Å². The highest BCUT2D eigenvalue weighted by molar-refractivity contribution is 5.95. The molecule has 0 spiro atoms. The van der Waals surface area contributed by atoms with E-state index in [-0.39, 0.29) is 18.9 Å². The van der Waals surface area contributed by atoms with Crippen molar-refractivity contribution in [1.29, 1.82) is 0 Å². The Morgan fingerprint density at radius 1 is 1.10 bits per heavy atom. The predicted octanol–water partition coefficient (Wildman–Crippen LogP) is 3.28. The topological polar surface area (TPSA) is 29.5 Å². The summed E-state index contributed by atoms with van der Waals surface area (Å²) >= 11 is 0. The van der Waals surface area contributed by atoms with Gasteiger partial charge in [-0.15, -0.1) is 0 Å². The molecule has 1 heterocycles. The quantitative estimate of drug-likeness (QED) is 0.849. The van der Waals surface area contributed by atoms with Gasteiger partial charge >= 0.3 is 0 Å². The highest BCUT2D eigenvalue weighted by atomic mass is 19.1. The third kappa shape index (κ3) is 2.86. The molecule has 0 aromatic heterocycles. The minimum atomic E-state index is -0.656. The highest BCUT2D eigenvalue weighted by Gasteiger charge is 2.23. The average molecular weight is 289 g/mol. The molecule has 0 N–H and O–H groups in total. The predicted molar refractivity (Wildman–Crippen MR) is 74.1 cm³/mol. The monoisotopic (exact) mass is 289 g/mol. The lowest BCUT2D eigenvalue weighted by molar-refractivity contribution is -0.118. The molecule has 2 aromatic carbocycles. The molecule has 2 aromatic rings. The van der Waals surface area contributed by atoms with Gasteiger partial charge in [-0.1, -0.05) is 12.1 Å². The first kappa shape index (κ1) is 13.5. The van der Waals surface area contributed by atoms with Crippen LogP contribution >= 0.6 is 0 Å². The van der Waals surface area contributed by atoms with Crippen molar-refractivity contribution in [3.8, 4) is 5.75 Å². The van der Waals surface area contributed by atoms with Gasteiger partial charge in [-0.05, 0) is 29.8 Å². The van der Waals surface area contributed by atoms with Crippen LogP contribution in [0.5, 0.6) is 5.75 Å². The summed E-state index contributed by atoms with van der Waals surface area (Å²) in [7, 11) is 0. The smallest absolute Gasteiger partial charge is 0.230 e. The summed E-state index contributed by atoms with van der Waals surface area (Å²) in [5.41, 5.74) is 1.02. The Labute approximate surface area is 120 Å². The number of amides is 1. The van der Waals surface area contributed by atoms with Crippen molar-refractivity contribution in [1.82, 2.24) is 0 Å². The van der Waals surface area contributed by atoms with Gasteiger partial charge in [-0.3, -0.25) is 4.79 Å². The largest absolute Gasteiger partial charge is 0.491 e. The lowest BCUT2D eigenvalue weighted by Crippen LogP contribution is -2.29. The van der Waals surface area contributed by atoms with Gasteiger partial charge in [-0.2, -0.15) is 0 Å². The third-order valence-corrected chi connectivity index (χ3v) is 3.29. The summed E-state index contributed by atoms with van der Waals surface area (Å²) in [4.78, 5) is 13.7. The zero-order valence-corrected chi connectivity index (χ0v) is 11.2. The first-order chi connectivity index (χ1) is 10.1. The summed E-state index contributed by atoms with van der Waals surface area (Å²) in [6, 6.07) is 10.4. The number of rotatable bonds is 2. The van der Waals surface area contributed by atoms with E-state index in [0.717, 1.165) is 6.07 Å². The second kappa shape index (κ2) is 5.52. The number of fused-ring (bicyclic) bond motifs is 1. The standard InChI is InChI=1S/C16H13F2NO2/c17-12-7-11(8-13(18)9-12)10-19-14-3-1-2-4-15(14)21-6-5-16(19)20/h1-4,7-9H,5-6,10H2. The number of carbonyl (C=O) groups excluding carboxylic acids is 1. The van der Waals surface area contributed by atoms with Crippen molar-refractivity contribution in [2.45, 2.75) is 13.0 Å². The first-order valence-corrected chi connectivity index (χ1v) is 6.60. The molecule has 0 fully saturated rings. The van der Waals surface area contributed by atoms with Crippen LogP contribution in [0.25, 0.3) is 0 Å². The summed E-state index contributed by atoms with van der Waals surface area (Å²) in [5.74, 6) is -0.849. The fourth-order valence-corrected chi connectivity index (χ4v) is 2.38. The van der Waals surface area contributed by atoms with E-state index in [2.05, 4.69) is 0 Å². The molecule has 0 unspecified atom stereocenters. The van der Waals surface area contributed by atoms with Gasteiger partial charge in [0, 0.05) is 6.07 Å². The molecule has 3 rings (SSSR count). The van der Waals surface area contributed by atoms with Gasteiger partial charge in [0.2, 0.25) is 5.91 Å². The lowest BCUT2D eigenvalue weighted by atomic mass is 10.1. The molecule has 1 aliphatic rings. The molecule has 0 saturated heterocycles. The number of hydrogen-bond donors (Lipinski definition) is 0. The number of halogens is 2. The van der Waals surface area contributed by atoms with Crippen LogP contribution in [0, 0.1) is 11.6 Å². The van der Waals surface area contributed by atoms with E-state index in [4.69, 9.17) is 4.74 Å². The van der Waals surface area contributed by atoms with Crippen molar-refractivity contribution < 1.29 is 18.3 Å². The average Bonchev–Trinajstić information content (AvgIpc) is 2.58. The Bertz CT molecular complexity index is 667. The van der Waals surface area contributed by atoms with Crippen LogP contribution < -0.4 is 9.64 Å². The van der Waals surface area contributed by atoms with E-state index in [9.17, 15) is 13.6 Å². The zero-order valence-electron chi connectivity index (χ0n) is 11.2. The van der Waals surface area contributed by atoms with Crippen LogP contribution in [0.3, 0.4) is 0 Å². The zero-order chi connectivity index (χ0) is 14.8. The van der Waals surface area contributed by atoms with Crippen LogP contribution in [0.4, 0.5) is 14.5 Å². The maximum absolute atomic E-state index is 13.3. The number of carbonyl (C=O) groups is 1. The van der Waals surface area contributed by atoms with Gasteiger partial charge < -0.3 is 9.64 Å². The van der Waals surface area contributed by atoms with E-state index in [1.54, 1.807) is 18.2 Å². The van der Waals surface area contributed by atoms with Gasteiger partial charge in [0.15, 0.2) is 0 Å². The number of ether oxygens (including phenoxy) is 1. The molecule has 108 valence electrons. The van der Waals surface area contributed by atoms with E-state index in [1.165, 1.54) is 17.0 Å². The highest BCUT2D eigenvalue weighted by Crippen LogP contribution is 2.32. The maximum atomic E-state index is 13.3. The van der Waals surface area contributed by atoms with Gasteiger partial charge in [0.05, 0.1) is 25.3 Å². The number of anilines is 1. The first-order valence-electron chi connectivity index (χ1n) is 6.60. The van der Waals surface area contributed by atoms with Crippen molar-refractivity contribution in [2.75, 3.05) is 11.5 Å². The summed E-state index contributed by atoms with van der Waals surface area (Å²) < 4.78 is 32.1. The summed E-state index contributed by atoms with van der Waals surface area (Å²) in [6.45, 7) is 0.401. The van der Waals surface area contributed by atoms with Crippen molar-refractivity contribution in [3.63, 3.8) is 0 Å². The summed E-state index contributed by atoms with van der Waals surface area (Å²) in [5, 5.41) is 0. The Morgan fingerprint density at radius 2 is 1.81 bits per heavy atom. The molecule has 0 saturated carbocycles. The molecule has 0 atom stereocenters. The molecular weight excluding hydrogens is 276 g/mol. The van der Waals surface area contributed by atoms with Crippen molar-refractivity contribution in [3.05, 3.63) is 59.7 Å². The fourth-order valence-electron chi connectivity index (χ4n) is 2.38. The Balaban J connectivity index is 1.97. The second-order valence-electron chi connectivity index (χ2n) is 4.82. The van der Waals surface area contributed by atoms with E-state index >= 15 is 0 Å². The van der Waals surface area contributed by atoms with E-state index in [0.29, 0.717) is 23.6 Å². The van der Waals surface area contributed by atoms with Crippen molar-refractivity contribution >= 4 is 11.6 Å². The van der Waals surface area contributed by atoms with Gasteiger partial charge in [0.1, 0.15) is 17.4 Å². The molecule has 0 aliphatic carbocycles. The van der Waals surface area contributed by atoms with Gasteiger partial charge in [0.25, 0.3) is 0 Å². The molecule has 1 amide bonds. The Hall–Kier alpha value is -2.43.